The van der Waals surface area contributed by atoms with E-state index in [0.717, 1.165) is 25.6 Å². The predicted octanol–water partition coefficient (Wildman–Crippen LogP) is 3.35. The third-order valence-electron chi connectivity index (χ3n) is 4.20. The van der Waals surface area contributed by atoms with Gasteiger partial charge in [-0.1, -0.05) is 24.3 Å². The molecule has 0 radical (unpaired) electrons. The Morgan fingerprint density at radius 2 is 1.92 bits per heavy atom. The van der Waals surface area contributed by atoms with Crippen molar-refractivity contribution < 1.29 is 8.78 Å². The van der Waals surface area contributed by atoms with Crippen LogP contribution in [0.5, 0.6) is 0 Å². The third-order valence-corrected chi connectivity index (χ3v) is 4.20. The Morgan fingerprint density at radius 1 is 1.04 bits per heavy atom. The molecule has 0 saturated carbocycles. The summed E-state index contributed by atoms with van der Waals surface area (Å²) in [4.78, 5) is 8.99. The third kappa shape index (κ3) is 2.69. The first-order chi connectivity index (χ1) is 11.7. The first kappa shape index (κ1) is 15.0. The highest BCUT2D eigenvalue weighted by Crippen LogP contribution is 2.30. The first-order valence-corrected chi connectivity index (χ1v) is 7.91. The number of fused-ring (bicyclic) bond motifs is 1. The van der Waals surface area contributed by atoms with Gasteiger partial charge in [0.25, 0.3) is 0 Å². The number of para-hydroxylation sites is 1. The minimum Gasteiger partial charge on any atom is -0.350 e. The number of halogens is 2. The number of anilines is 1. The van der Waals surface area contributed by atoms with Crippen molar-refractivity contribution in [2.45, 2.75) is 12.5 Å². The molecular formula is C18H16F2N4. The number of rotatable bonds is 3. The Morgan fingerprint density at radius 3 is 2.75 bits per heavy atom. The molecule has 1 saturated heterocycles. The highest BCUT2D eigenvalue weighted by Gasteiger charge is 2.19. The molecule has 3 aromatic rings. The van der Waals surface area contributed by atoms with E-state index in [9.17, 15) is 8.78 Å². The molecule has 1 fully saturated rings. The summed E-state index contributed by atoms with van der Waals surface area (Å²) in [6.45, 7) is 1.77. The van der Waals surface area contributed by atoms with Crippen LogP contribution in [-0.4, -0.2) is 29.1 Å². The fraction of sp³-hybridized carbons (Fsp3) is 0.222. The van der Waals surface area contributed by atoms with Gasteiger partial charge in [-0.2, -0.15) is 0 Å². The van der Waals surface area contributed by atoms with Crippen LogP contribution in [0.3, 0.4) is 0 Å². The monoisotopic (exact) mass is 326 g/mol. The largest absolute Gasteiger partial charge is 0.350 e. The van der Waals surface area contributed by atoms with Gasteiger partial charge in [0.2, 0.25) is 5.95 Å². The maximum atomic E-state index is 14.3. The average Bonchev–Trinajstić information content (AvgIpc) is 3.10. The topological polar surface area (TPSA) is 49.8 Å². The highest BCUT2D eigenvalue weighted by atomic mass is 19.2. The number of nitrogens with zero attached hydrogens (tertiary/aromatic N) is 2. The minimum atomic E-state index is -0.894. The Labute approximate surface area is 137 Å². The van der Waals surface area contributed by atoms with Crippen molar-refractivity contribution in [2.75, 3.05) is 18.4 Å². The molecule has 2 heterocycles. The molecule has 1 aromatic heterocycles. The van der Waals surface area contributed by atoms with Gasteiger partial charge in [0, 0.05) is 23.5 Å². The Bertz CT molecular complexity index is 891. The molecule has 0 spiro atoms. The summed E-state index contributed by atoms with van der Waals surface area (Å²) in [5.74, 6) is -1.35. The summed E-state index contributed by atoms with van der Waals surface area (Å²) in [5, 5.41) is 7.23. The summed E-state index contributed by atoms with van der Waals surface area (Å²) in [7, 11) is 0. The van der Waals surface area contributed by atoms with Crippen molar-refractivity contribution in [1.29, 1.82) is 0 Å². The standard InChI is InChI=1S/C18H16F2N4/c19-14-6-3-5-13(16(14)20)17-12-4-1-2-7-15(12)23-18(24-17)22-11-8-9-21-10-11/h1-7,11,21H,8-10H2,(H,22,23,24). The number of nitrogens with one attached hydrogen (secondary N) is 2. The van der Waals surface area contributed by atoms with E-state index in [-0.39, 0.29) is 11.6 Å². The molecule has 1 unspecified atom stereocenters. The number of hydrogen-bond acceptors (Lipinski definition) is 4. The molecule has 4 rings (SSSR count). The van der Waals surface area contributed by atoms with Gasteiger partial charge in [-0.3, -0.25) is 0 Å². The molecule has 6 heteroatoms. The lowest BCUT2D eigenvalue weighted by atomic mass is 10.1. The lowest BCUT2D eigenvalue weighted by molar-refractivity contribution is 0.511. The van der Waals surface area contributed by atoms with Crippen LogP contribution in [0.15, 0.2) is 42.5 Å². The fourth-order valence-corrected chi connectivity index (χ4v) is 2.99. The van der Waals surface area contributed by atoms with E-state index in [4.69, 9.17) is 0 Å². The van der Waals surface area contributed by atoms with Crippen molar-refractivity contribution in [3.63, 3.8) is 0 Å². The zero-order chi connectivity index (χ0) is 16.5. The van der Waals surface area contributed by atoms with Crippen molar-refractivity contribution in [1.82, 2.24) is 15.3 Å². The van der Waals surface area contributed by atoms with E-state index < -0.39 is 11.6 Å². The number of aromatic nitrogens is 2. The maximum absolute atomic E-state index is 14.3. The molecule has 4 nitrogen and oxygen atoms in total. The number of benzene rings is 2. The van der Waals surface area contributed by atoms with E-state index in [1.165, 1.54) is 12.1 Å². The summed E-state index contributed by atoms with van der Waals surface area (Å²) in [6, 6.07) is 11.7. The summed E-state index contributed by atoms with van der Waals surface area (Å²) in [5.41, 5.74) is 1.23. The second-order valence-corrected chi connectivity index (χ2v) is 5.85. The molecule has 2 aromatic carbocycles. The van der Waals surface area contributed by atoms with Gasteiger partial charge >= 0.3 is 0 Å². The predicted molar refractivity (Wildman–Crippen MR) is 89.8 cm³/mol. The van der Waals surface area contributed by atoms with E-state index in [2.05, 4.69) is 20.6 Å². The quantitative estimate of drug-likeness (QED) is 0.775. The Hall–Kier alpha value is -2.60. The van der Waals surface area contributed by atoms with E-state index in [0.29, 0.717) is 22.5 Å². The molecule has 0 aliphatic carbocycles. The Kier molecular flexibility index (Phi) is 3.82. The lowest BCUT2D eigenvalue weighted by Gasteiger charge is -2.14. The van der Waals surface area contributed by atoms with Crippen LogP contribution < -0.4 is 10.6 Å². The van der Waals surface area contributed by atoms with E-state index in [1.807, 2.05) is 24.3 Å². The van der Waals surface area contributed by atoms with Crippen LogP contribution in [0.25, 0.3) is 22.2 Å². The van der Waals surface area contributed by atoms with Crippen LogP contribution in [0.2, 0.25) is 0 Å². The summed E-state index contributed by atoms with van der Waals surface area (Å²) < 4.78 is 27.9. The van der Waals surface area contributed by atoms with Gasteiger partial charge in [-0.05, 0) is 31.2 Å². The van der Waals surface area contributed by atoms with Gasteiger partial charge < -0.3 is 10.6 Å². The fourth-order valence-electron chi connectivity index (χ4n) is 2.99. The molecule has 0 bridgehead atoms. The summed E-state index contributed by atoms with van der Waals surface area (Å²) >= 11 is 0. The molecule has 0 amide bonds. The van der Waals surface area contributed by atoms with Crippen molar-refractivity contribution in [3.8, 4) is 11.3 Å². The normalized spacial score (nSPS) is 17.3. The molecule has 122 valence electrons. The SMILES string of the molecule is Fc1cccc(-c2nc(NC3CCNC3)nc3ccccc23)c1F. The molecule has 1 aliphatic heterocycles. The van der Waals surface area contributed by atoms with E-state index in [1.54, 1.807) is 0 Å². The van der Waals surface area contributed by atoms with E-state index >= 15 is 0 Å². The number of hydrogen-bond donors (Lipinski definition) is 2. The molecule has 1 aliphatic rings. The van der Waals surface area contributed by atoms with Crippen molar-refractivity contribution in [2.24, 2.45) is 0 Å². The van der Waals surface area contributed by atoms with Gasteiger partial charge in [0.1, 0.15) is 0 Å². The smallest absolute Gasteiger partial charge is 0.224 e. The second kappa shape index (κ2) is 6.13. The van der Waals surface area contributed by atoms with Gasteiger partial charge in [0.15, 0.2) is 11.6 Å². The molecular weight excluding hydrogens is 310 g/mol. The Balaban J connectivity index is 1.87. The van der Waals surface area contributed by atoms with Crippen LogP contribution in [0.4, 0.5) is 14.7 Å². The van der Waals surface area contributed by atoms with Gasteiger partial charge in [-0.15, -0.1) is 0 Å². The maximum Gasteiger partial charge on any atom is 0.224 e. The van der Waals surface area contributed by atoms with Crippen LogP contribution in [0.1, 0.15) is 6.42 Å². The molecule has 2 N–H and O–H groups in total. The van der Waals surface area contributed by atoms with Crippen LogP contribution >= 0.6 is 0 Å². The summed E-state index contributed by atoms with van der Waals surface area (Å²) in [6.07, 6.45) is 0.972. The second-order valence-electron chi connectivity index (χ2n) is 5.85. The van der Waals surface area contributed by atoms with Crippen molar-refractivity contribution >= 4 is 16.9 Å². The van der Waals surface area contributed by atoms with Gasteiger partial charge in [0.05, 0.1) is 11.2 Å². The van der Waals surface area contributed by atoms with Crippen molar-refractivity contribution in [3.05, 3.63) is 54.1 Å². The molecule has 1 atom stereocenters. The minimum absolute atomic E-state index is 0.140. The highest BCUT2D eigenvalue weighted by molar-refractivity contribution is 5.93. The molecule has 24 heavy (non-hydrogen) atoms. The lowest BCUT2D eigenvalue weighted by Crippen LogP contribution is -2.23. The zero-order valence-corrected chi connectivity index (χ0v) is 12.9. The van der Waals surface area contributed by atoms with Crippen LogP contribution in [-0.2, 0) is 0 Å². The first-order valence-electron chi connectivity index (χ1n) is 7.91. The zero-order valence-electron chi connectivity index (χ0n) is 12.9. The van der Waals surface area contributed by atoms with Gasteiger partial charge in [-0.25, -0.2) is 18.7 Å². The van der Waals surface area contributed by atoms with Crippen LogP contribution in [0, 0.1) is 11.6 Å². The average molecular weight is 326 g/mol.